The average molecular weight is 370 g/mol. The molecule has 0 saturated carbocycles. The number of carbonyl (C=O) groups excluding carboxylic acids is 2. The third-order valence-electron chi connectivity index (χ3n) is 3.75. The lowest BCUT2D eigenvalue weighted by atomic mass is 10.1. The molecule has 0 aliphatic rings. The minimum absolute atomic E-state index is 0.133. The van der Waals surface area contributed by atoms with Gasteiger partial charge in [0.25, 0.3) is 0 Å². The number of carbonyl (C=O) groups is 2. The molecule has 0 saturated heterocycles. The summed E-state index contributed by atoms with van der Waals surface area (Å²) in [6.07, 6.45) is 0.920. The van der Waals surface area contributed by atoms with Crippen molar-refractivity contribution < 1.29 is 19.1 Å². The maximum atomic E-state index is 12.5. The molecule has 0 radical (unpaired) electrons. The molecule has 0 fully saturated rings. The van der Waals surface area contributed by atoms with E-state index in [2.05, 4.69) is 10.6 Å². The molecule has 0 aliphatic heterocycles. The summed E-state index contributed by atoms with van der Waals surface area (Å²) in [5.74, 6) is 0.471. The summed E-state index contributed by atoms with van der Waals surface area (Å²) in [5, 5.41) is 5.37. The van der Waals surface area contributed by atoms with Gasteiger partial charge in [-0.15, -0.1) is 0 Å². The summed E-state index contributed by atoms with van der Waals surface area (Å²) < 4.78 is 10.9. The summed E-state index contributed by atoms with van der Waals surface area (Å²) in [4.78, 5) is 24.7. The van der Waals surface area contributed by atoms with E-state index in [1.807, 2.05) is 39.0 Å². The van der Waals surface area contributed by atoms with E-state index in [9.17, 15) is 9.59 Å². The first kappa shape index (κ1) is 20.3. The lowest BCUT2D eigenvalue weighted by Gasteiger charge is -2.21. The van der Waals surface area contributed by atoms with Crippen molar-refractivity contribution in [2.24, 2.45) is 5.92 Å². The van der Waals surface area contributed by atoms with E-state index < -0.39 is 18.0 Å². The summed E-state index contributed by atoms with van der Waals surface area (Å²) in [6, 6.07) is 14.6. The maximum absolute atomic E-state index is 12.5. The van der Waals surface area contributed by atoms with Crippen LogP contribution in [0, 0.1) is 5.92 Å². The Hall–Kier alpha value is -3.02. The van der Waals surface area contributed by atoms with E-state index in [0.29, 0.717) is 18.0 Å². The van der Waals surface area contributed by atoms with E-state index >= 15 is 0 Å². The fourth-order valence-electron chi connectivity index (χ4n) is 2.33. The molecule has 144 valence electrons. The van der Waals surface area contributed by atoms with Gasteiger partial charge in [0, 0.05) is 5.69 Å². The monoisotopic (exact) mass is 370 g/mol. The van der Waals surface area contributed by atoms with Crippen LogP contribution in [-0.4, -0.2) is 24.6 Å². The van der Waals surface area contributed by atoms with Crippen molar-refractivity contribution >= 4 is 17.7 Å². The number of nitrogens with one attached hydrogen (secondary N) is 2. The number of anilines is 1. The molecule has 0 aliphatic carbocycles. The second kappa shape index (κ2) is 10.2. The molecule has 2 rings (SSSR count). The lowest BCUT2D eigenvalue weighted by molar-refractivity contribution is -0.137. The average Bonchev–Trinajstić information content (AvgIpc) is 2.66. The molecule has 1 unspecified atom stereocenters. The number of hydrogen-bond acceptors (Lipinski definition) is 4. The van der Waals surface area contributed by atoms with Gasteiger partial charge >= 0.3 is 12.0 Å². The van der Waals surface area contributed by atoms with Crippen molar-refractivity contribution in [1.82, 2.24) is 5.32 Å². The van der Waals surface area contributed by atoms with Gasteiger partial charge in [0.1, 0.15) is 17.5 Å². The van der Waals surface area contributed by atoms with Crippen LogP contribution in [0.4, 0.5) is 10.5 Å². The van der Waals surface area contributed by atoms with Gasteiger partial charge in [-0.05, 0) is 48.7 Å². The van der Waals surface area contributed by atoms with Crippen LogP contribution < -0.4 is 20.1 Å². The molecule has 0 spiro atoms. The first-order valence-corrected chi connectivity index (χ1v) is 9.06. The fraction of sp³-hybridized carbons (Fsp3) is 0.333. The van der Waals surface area contributed by atoms with Gasteiger partial charge in [-0.2, -0.15) is 0 Å². The van der Waals surface area contributed by atoms with Crippen LogP contribution in [0.1, 0.15) is 27.2 Å². The molecule has 2 amide bonds. The van der Waals surface area contributed by atoms with Crippen LogP contribution in [0.3, 0.4) is 0 Å². The van der Waals surface area contributed by atoms with Crippen molar-refractivity contribution in [3.63, 3.8) is 0 Å². The Morgan fingerprint density at radius 1 is 0.963 bits per heavy atom. The van der Waals surface area contributed by atoms with Crippen molar-refractivity contribution in [3.05, 3.63) is 54.6 Å². The number of rotatable bonds is 8. The Morgan fingerprint density at radius 3 is 2.19 bits per heavy atom. The van der Waals surface area contributed by atoms with Crippen LogP contribution in [0.15, 0.2) is 54.6 Å². The molecule has 2 aromatic rings. The normalized spacial score (nSPS) is 11.6. The number of urea groups is 1. The van der Waals surface area contributed by atoms with Crippen LogP contribution in [0.25, 0.3) is 0 Å². The Balaban J connectivity index is 1.94. The molecular formula is C21H26N2O4. The van der Waals surface area contributed by atoms with E-state index in [0.717, 1.165) is 12.2 Å². The van der Waals surface area contributed by atoms with Crippen molar-refractivity contribution in [1.29, 1.82) is 0 Å². The molecule has 6 nitrogen and oxygen atoms in total. The van der Waals surface area contributed by atoms with Crippen molar-refractivity contribution in [3.8, 4) is 11.5 Å². The highest BCUT2D eigenvalue weighted by molar-refractivity contribution is 5.93. The first-order chi connectivity index (χ1) is 13.0. The summed E-state index contributed by atoms with van der Waals surface area (Å²) >= 11 is 0. The van der Waals surface area contributed by atoms with Gasteiger partial charge in [-0.25, -0.2) is 9.59 Å². The Bertz CT molecular complexity index is 730. The van der Waals surface area contributed by atoms with Crippen LogP contribution in [-0.2, 0) is 4.79 Å². The molecule has 2 N–H and O–H groups in total. The summed E-state index contributed by atoms with van der Waals surface area (Å²) in [7, 11) is 0. The zero-order valence-corrected chi connectivity index (χ0v) is 15.9. The van der Waals surface area contributed by atoms with Crippen molar-refractivity contribution in [2.75, 3.05) is 11.9 Å². The highest BCUT2D eigenvalue weighted by atomic mass is 16.5. The standard InChI is InChI=1S/C21H26N2O4/c1-4-14-26-17-10-12-18(13-11-17)27-20(24)19(15(2)3)23-21(25)22-16-8-6-5-7-9-16/h5-13,15,19H,4,14H2,1-3H3,(H2,22,23,25). The zero-order valence-electron chi connectivity index (χ0n) is 15.9. The lowest BCUT2D eigenvalue weighted by Crippen LogP contribution is -2.48. The number of esters is 1. The highest BCUT2D eigenvalue weighted by Crippen LogP contribution is 2.19. The van der Waals surface area contributed by atoms with E-state index in [4.69, 9.17) is 9.47 Å². The molecule has 2 aromatic carbocycles. The minimum Gasteiger partial charge on any atom is -0.494 e. The van der Waals surface area contributed by atoms with Gasteiger partial charge in [0.15, 0.2) is 0 Å². The van der Waals surface area contributed by atoms with Crippen LogP contribution in [0.2, 0.25) is 0 Å². The van der Waals surface area contributed by atoms with Gasteiger partial charge in [-0.3, -0.25) is 0 Å². The summed E-state index contributed by atoms with van der Waals surface area (Å²) in [5.41, 5.74) is 0.647. The molecule has 0 bridgehead atoms. The Kier molecular flexibility index (Phi) is 7.67. The van der Waals surface area contributed by atoms with E-state index in [1.165, 1.54) is 0 Å². The second-order valence-electron chi connectivity index (χ2n) is 6.43. The van der Waals surface area contributed by atoms with E-state index in [1.54, 1.807) is 36.4 Å². The van der Waals surface area contributed by atoms with Crippen LogP contribution in [0.5, 0.6) is 11.5 Å². The molecule has 27 heavy (non-hydrogen) atoms. The third kappa shape index (κ3) is 6.66. The topological polar surface area (TPSA) is 76.7 Å². The molecule has 0 aromatic heterocycles. The molecule has 0 heterocycles. The Morgan fingerprint density at radius 2 is 1.59 bits per heavy atom. The molecule has 6 heteroatoms. The van der Waals surface area contributed by atoms with Gasteiger partial charge in [-0.1, -0.05) is 39.0 Å². The maximum Gasteiger partial charge on any atom is 0.334 e. The molecule has 1 atom stereocenters. The van der Waals surface area contributed by atoms with Crippen LogP contribution >= 0.6 is 0 Å². The quantitative estimate of drug-likeness (QED) is 0.539. The van der Waals surface area contributed by atoms with Crippen molar-refractivity contribution in [2.45, 2.75) is 33.2 Å². The van der Waals surface area contributed by atoms with Gasteiger partial charge < -0.3 is 20.1 Å². The zero-order chi connectivity index (χ0) is 19.6. The SMILES string of the molecule is CCCOc1ccc(OC(=O)C(NC(=O)Nc2ccccc2)C(C)C)cc1. The highest BCUT2D eigenvalue weighted by Gasteiger charge is 2.26. The number of benzene rings is 2. The predicted molar refractivity (Wildman–Crippen MR) is 105 cm³/mol. The first-order valence-electron chi connectivity index (χ1n) is 9.06. The number of ether oxygens (including phenoxy) is 2. The fourth-order valence-corrected chi connectivity index (χ4v) is 2.33. The minimum atomic E-state index is -0.773. The predicted octanol–water partition coefficient (Wildman–Crippen LogP) is 4.23. The largest absolute Gasteiger partial charge is 0.494 e. The number of para-hydroxylation sites is 1. The Labute approximate surface area is 159 Å². The third-order valence-corrected chi connectivity index (χ3v) is 3.75. The number of hydrogen-bond donors (Lipinski definition) is 2. The smallest absolute Gasteiger partial charge is 0.334 e. The van der Waals surface area contributed by atoms with Gasteiger partial charge in [0.05, 0.1) is 6.61 Å². The number of amides is 2. The molecular weight excluding hydrogens is 344 g/mol. The van der Waals surface area contributed by atoms with E-state index in [-0.39, 0.29) is 5.92 Å². The van der Waals surface area contributed by atoms with Gasteiger partial charge in [0.2, 0.25) is 0 Å². The second-order valence-corrected chi connectivity index (χ2v) is 6.43. The summed E-state index contributed by atoms with van der Waals surface area (Å²) in [6.45, 7) is 6.35.